The van der Waals surface area contributed by atoms with Crippen LogP contribution in [-0.2, 0) is 9.53 Å². The predicted molar refractivity (Wildman–Crippen MR) is 52.7 cm³/mol. The number of anilines is 2. The van der Waals surface area contributed by atoms with Gasteiger partial charge in [0.05, 0.1) is 19.3 Å². The number of ether oxygens (including phenoxy) is 1. The minimum Gasteiger partial charge on any atom is -0.464 e. The Labute approximate surface area is 85.6 Å². The zero-order chi connectivity index (χ0) is 10.8. The first-order valence-electron chi connectivity index (χ1n) is 4.34. The highest BCUT2D eigenvalue weighted by Gasteiger charge is 2.17. The summed E-state index contributed by atoms with van der Waals surface area (Å²) in [4.78, 5) is 26.2. The first kappa shape index (κ1) is 9.45. The minimum absolute atomic E-state index is 0.130. The molecule has 15 heavy (non-hydrogen) atoms. The summed E-state index contributed by atoms with van der Waals surface area (Å²) < 4.78 is 4.53. The standard InChI is InChI=1S/C9H9N3O3/c1-15-9(14)6-3-2-5-8(12-6)10-4-7(13)11-5/h2-3H,4H2,1H3,(H,10,12)(H,11,13). The Morgan fingerprint density at radius 3 is 3.07 bits per heavy atom. The molecule has 1 aliphatic heterocycles. The van der Waals surface area contributed by atoms with Crippen LogP contribution in [0.25, 0.3) is 0 Å². The largest absolute Gasteiger partial charge is 0.464 e. The lowest BCUT2D eigenvalue weighted by Crippen LogP contribution is -2.28. The van der Waals surface area contributed by atoms with Crippen LogP contribution in [0, 0.1) is 0 Å². The van der Waals surface area contributed by atoms with Crippen molar-refractivity contribution in [2.45, 2.75) is 0 Å². The van der Waals surface area contributed by atoms with Gasteiger partial charge in [-0.15, -0.1) is 0 Å². The van der Waals surface area contributed by atoms with Crippen LogP contribution in [0.2, 0.25) is 0 Å². The van der Waals surface area contributed by atoms with E-state index in [2.05, 4.69) is 20.4 Å². The SMILES string of the molecule is COC(=O)c1ccc2c(n1)NCC(=O)N2. The molecule has 78 valence electrons. The van der Waals surface area contributed by atoms with E-state index in [-0.39, 0.29) is 18.1 Å². The Hall–Kier alpha value is -2.11. The minimum atomic E-state index is -0.503. The van der Waals surface area contributed by atoms with Crippen LogP contribution in [0.3, 0.4) is 0 Å². The Kier molecular flexibility index (Phi) is 2.24. The molecule has 6 nitrogen and oxygen atoms in total. The first-order valence-corrected chi connectivity index (χ1v) is 4.34. The van der Waals surface area contributed by atoms with Crippen LogP contribution >= 0.6 is 0 Å². The maximum Gasteiger partial charge on any atom is 0.356 e. The van der Waals surface area contributed by atoms with Gasteiger partial charge < -0.3 is 15.4 Å². The van der Waals surface area contributed by atoms with Gasteiger partial charge >= 0.3 is 5.97 Å². The second kappa shape index (κ2) is 3.56. The van der Waals surface area contributed by atoms with Crippen LogP contribution < -0.4 is 10.6 Å². The van der Waals surface area contributed by atoms with Crippen molar-refractivity contribution in [1.29, 1.82) is 0 Å². The molecular weight excluding hydrogens is 198 g/mol. The van der Waals surface area contributed by atoms with Gasteiger partial charge in [0.1, 0.15) is 0 Å². The molecule has 0 saturated heterocycles. The van der Waals surface area contributed by atoms with Crippen molar-refractivity contribution in [2.24, 2.45) is 0 Å². The van der Waals surface area contributed by atoms with Gasteiger partial charge in [-0.1, -0.05) is 0 Å². The topological polar surface area (TPSA) is 80.3 Å². The smallest absolute Gasteiger partial charge is 0.356 e. The molecule has 1 aliphatic rings. The van der Waals surface area contributed by atoms with Crippen molar-refractivity contribution in [3.8, 4) is 0 Å². The molecule has 0 saturated carbocycles. The normalized spacial score (nSPS) is 13.5. The van der Waals surface area contributed by atoms with E-state index in [0.29, 0.717) is 11.5 Å². The van der Waals surface area contributed by atoms with E-state index in [1.54, 1.807) is 6.07 Å². The second-order valence-corrected chi connectivity index (χ2v) is 2.99. The highest BCUT2D eigenvalue weighted by atomic mass is 16.5. The fourth-order valence-electron chi connectivity index (χ4n) is 1.27. The molecular formula is C9H9N3O3. The number of hydrogen-bond donors (Lipinski definition) is 2. The fraction of sp³-hybridized carbons (Fsp3) is 0.222. The van der Waals surface area contributed by atoms with E-state index in [4.69, 9.17) is 0 Å². The number of hydrogen-bond acceptors (Lipinski definition) is 5. The quantitative estimate of drug-likeness (QED) is 0.644. The first-order chi connectivity index (χ1) is 7.20. The van der Waals surface area contributed by atoms with Crippen molar-refractivity contribution in [2.75, 3.05) is 24.3 Å². The van der Waals surface area contributed by atoms with Crippen molar-refractivity contribution in [3.05, 3.63) is 17.8 Å². The second-order valence-electron chi connectivity index (χ2n) is 2.99. The summed E-state index contributed by atoms with van der Waals surface area (Å²) >= 11 is 0. The summed E-state index contributed by atoms with van der Waals surface area (Å²) in [5.41, 5.74) is 0.777. The number of carbonyl (C=O) groups is 2. The van der Waals surface area contributed by atoms with E-state index < -0.39 is 5.97 Å². The Bertz CT molecular complexity index is 431. The molecule has 0 bridgehead atoms. The lowest BCUT2D eigenvalue weighted by molar-refractivity contribution is -0.114. The van der Waals surface area contributed by atoms with E-state index in [0.717, 1.165) is 0 Å². The average molecular weight is 207 g/mol. The van der Waals surface area contributed by atoms with Gasteiger partial charge in [-0.3, -0.25) is 4.79 Å². The van der Waals surface area contributed by atoms with Gasteiger partial charge in [0.15, 0.2) is 11.5 Å². The third-order valence-electron chi connectivity index (χ3n) is 1.98. The maximum atomic E-state index is 11.2. The molecule has 0 aliphatic carbocycles. The summed E-state index contributed by atoms with van der Waals surface area (Å²) in [5.74, 6) is -0.149. The Morgan fingerprint density at radius 2 is 2.33 bits per heavy atom. The summed E-state index contributed by atoms with van der Waals surface area (Å²) in [6.45, 7) is 0.157. The number of carbonyl (C=O) groups excluding carboxylic acids is 2. The predicted octanol–water partition coefficient (Wildman–Crippen LogP) is 0.232. The highest BCUT2D eigenvalue weighted by molar-refractivity contribution is 6.00. The van der Waals surface area contributed by atoms with E-state index >= 15 is 0 Å². The van der Waals surface area contributed by atoms with Gasteiger partial charge in [-0.25, -0.2) is 9.78 Å². The summed E-state index contributed by atoms with van der Waals surface area (Å²) in [7, 11) is 1.29. The van der Waals surface area contributed by atoms with Crippen LogP contribution in [0.15, 0.2) is 12.1 Å². The lowest BCUT2D eigenvalue weighted by atomic mass is 10.2. The monoisotopic (exact) mass is 207 g/mol. The molecule has 2 N–H and O–H groups in total. The molecule has 2 heterocycles. The van der Waals surface area contributed by atoms with E-state index in [1.807, 2.05) is 0 Å². The number of nitrogens with zero attached hydrogens (tertiary/aromatic N) is 1. The molecule has 0 fully saturated rings. The van der Waals surface area contributed by atoms with E-state index in [9.17, 15) is 9.59 Å². The number of rotatable bonds is 1. The number of aromatic nitrogens is 1. The lowest BCUT2D eigenvalue weighted by Gasteiger charge is -2.17. The van der Waals surface area contributed by atoms with Gasteiger partial charge in [0.2, 0.25) is 5.91 Å². The van der Waals surface area contributed by atoms with Crippen LogP contribution in [0.1, 0.15) is 10.5 Å². The van der Waals surface area contributed by atoms with Gasteiger partial charge in [0, 0.05) is 0 Å². The van der Waals surface area contributed by atoms with Crippen molar-refractivity contribution < 1.29 is 14.3 Å². The van der Waals surface area contributed by atoms with Crippen LogP contribution in [0.5, 0.6) is 0 Å². The third kappa shape index (κ3) is 1.74. The molecule has 1 aromatic rings. The number of amides is 1. The molecule has 0 unspecified atom stereocenters. The zero-order valence-electron chi connectivity index (χ0n) is 8.03. The number of nitrogens with one attached hydrogen (secondary N) is 2. The fourth-order valence-corrected chi connectivity index (χ4v) is 1.27. The van der Waals surface area contributed by atoms with Gasteiger partial charge in [-0.05, 0) is 12.1 Å². The van der Waals surface area contributed by atoms with Crippen LogP contribution in [0.4, 0.5) is 11.5 Å². The molecule has 0 radical (unpaired) electrons. The molecule has 0 atom stereocenters. The summed E-state index contributed by atoms with van der Waals surface area (Å²) in [6.07, 6.45) is 0. The Balaban J connectivity index is 2.34. The zero-order valence-corrected chi connectivity index (χ0v) is 8.03. The molecule has 2 rings (SSSR count). The number of methoxy groups -OCH3 is 1. The number of pyridine rings is 1. The van der Waals surface area contributed by atoms with Crippen molar-refractivity contribution >= 4 is 23.4 Å². The van der Waals surface area contributed by atoms with Gasteiger partial charge in [-0.2, -0.15) is 0 Å². The highest BCUT2D eigenvalue weighted by Crippen LogP contribution is 2.22. The molecule has 1 amide bonds. The summed E-state index contributed by atoms with van der Waals surface area (Å²) in [5, 5.41) is 5.43. The molecule has 1 aromatic heterocycles. The summed E-state index contributed by atoms with van der Waals surface area (Å²) in [6, 6.07) is 3.11. The third-order valence-corrected chi connectivity index (χ3v) is 1.98. The van der Waals surface area contributed by atoms with Crippen molar-refractivity contribution in [3.63, 3.8) is 0 Å². The van der Waals surface area contributed by atoms with Gasteiger partial charge in [0.25, 0.3) is 0 Å². The number of esters is 1. The average Bonchev–Trinajstić information content (AvgIpc) is 2.27. The van der Waals surface area contributed by atoms with Crippen molar-refractivity contribution in [1.82, 2.24) is 4.98 Å². The number of fused-ring (bicyclic) bond motifs is 1. The molecule has 0 aromatic carbocycles. The Morgan fingerprint density at radius 1 is 1.53 bits per heavy atom. The van der Waals surface area contributed by atoms with E-state index in [1.165, 1.54) is 13.2 Å². The molecule has 6 heteroatoms. The molecule has 0 spiro atoms. The maximum absolute atomic E-state index is 11.2. The van der Waals surface area contributed by atoms with Crippen LogP contribution in [-0.4, -0.2) is 30.5 Å².